The first kappa shape index (κ1) is 20.1. The average Bonchev–Trinajstić information content (AvgIpc) is 3.08. The summed E-state index contributed by atoms with van der Waals surface area (Å²) in [4.78, 5) is 21.8. The summed E-state index contributed by atoms with van der Waals surface area (Å²) >= 11 is 0. The Morgan fingerprint density at radius 1 is 0.906 bits per heavy atom. The Balaban J connectivity index is 1.80. The molecular weight excluding hydrogens is 428 g/mol. The molecule has 0 atom stereocenters. The zero-order valence-corrected chi connectivity index (χ0v) is 18.4. The molecule has 2 heterocycles. The number of rotatable bonds is 4. The smallest absolute Gasteiger partial charge is 0.340 e. The minimum Gasteiger partial charge on any atom is -0.496 e. The highest BCUT2D eigenvalue weighted by Gasteiger charge is 2.35. The quantitative estimate of drug-likeness (QED) is 0.381. The number of aryl methyl sites for hydroxylation is 2. The Morgan fingerprint density at radius 2 is 1.66 bits per heavy atom. The van der Waals surface area contributed by atoms with Crippen molar-refractivity contribution in [3.05, 3.63) is 77.1 Å². The monoisotopic (exact) mass is 446 g/mol. The van der Waals surface area contributed by atoms with Gasteiger partial charge in [0.2, 0.25) is 11.7 Å². The third-order valence-corrected chi connectivity index (χ3v) is 6.83. The number of nitrogens with zero attached hydrogens (tertiary/aromatic N) is 2. The molecule has 0 radical (unpaired) electrons. The first-order valence-corrected chi connectivity index (χ1v) is 11.2. The number of ketones is 1. The van der Waals surface area contributed by atoms with Gasteiger partial charge < -0.3 is 8.92 Å². The molecule has 0 unspecified atom stereocenters. The standard InChI is InChI=1S/C24H18N2O5S/c1-13-4-6-15(7-5-13)32(28,29)31-24-21-20(16-10-11-25-12-18(16)23(21)27)17-8-9-19(30-3)14(2)22(17)26-24/h4-12H,1-3H3. The molecule has 0 N–H and O–H groups in total. The van der Waals surface area contributed by atoms with Gasteiger partial charge in [0, 0.05) is 34.5 Å². The summed E-state index contributed by atoms with van der Waals surface area (Å²) in [7, 11) is -2.67. The summed E-state index contributed by atoms with van der Waals surface area (Å²) in [6, 6.07) is 11.6. The summed E-state index contributed by atoms with van der Waals surface area (Å²) in [6.07, 6.45) is 3.06. The molecule has 0 bridgehead atoms. The van der Waals surface area contributed by atoms with Crippen LogP contribution in [-0.2, 0) is 10.1 Å². The first-order valence-electron chi connectivity index (χ1n) is 9.83. The van der Waals surface area contributed by atoms with Gasteiger partial charge >= 0.3 is 10.1 Å². The van der Waals surface area contributed by atoms with Crippen LogP contribution in [0, 0.1) is 13.8 Å². The molecule has 160 valence electrons. The largest absolute Gasteiger partial charge is 0.496 e. The van der Waals surface area contributed by atoms with Gasteiger partial charge in [0.05, 0.1) is 18.2 Å². The van der Waals surface area contributed by atoms with Crippen LogP contribution in [-0.4, -0.2) is 31.3 Å². The first-order chi connectivity index (χ1) is 15.3. The number of methoxy groups -OCH3 is 1. The van der Waals surface area contributed by atoms with Crippen LogP contribution in [0.1, 0.15) is 27.0 Å². The lowest BCUT2D eigenvalue weighted by molar-refractivity contribution is 0.104. The third kappa shape index (κ3) is 2.95. The van der Waals surface area contributed by atoms with Crippen LogP contribution in [0.25, 0.3) is 22.0 Å². The van der Waals surface area contributed by atoms with Gasteiger partial charge in [0.1, 0.15) is 10.6 Å². The van der Waals surface area contributed by atoms with Gasteiger partial charge in [0.15, 0.2) is 0 Å². The van der Waals surface area contributed by atoms with Crippen LogP contribution in [0.2, 0.25) is 0 Å². The lowest BCUT2D eigenvalue weighted by Gasteiger charge is -2.14. The second kappa shape index (κ2) is 7.13. The van der Waals surface area contributed by atoms with Crippen molar-refractivity contribution in [1.29, 1.82) is 0 Å². The van der Waals surface area contributed by atoms with Crippen LogP contribution < -0.4 is 8.92 Å². The molecule has 2 aromatic carbocycles. The minimum absolute atomic E-state index is 0.0225. The summed E-state index contributed by atoms with van der Waals surface area (Å²) in [5.74, 6) is -0.0396. The number of carbonyl (C=O) groups is 1. The van der Waals surface area contributed by atoms with E-state index in [1.165, 1.54) is 18.3 Å². The number of ether oxygens (including phenoxy) is 1. The zero-order valence-electron chi connectivity index (χ0n) is 17.5. The lowest BCUT2D eigenvalue weighted by Crippen LogP contribution is -2.13. The highest BCUT2D eigenvalue weighted by molar-refractivity contribution is 7.87. The van der Waals surface area contributed by atoms with Crippen molar-refractivity contribution in [1.82, 2.24) is 9.97 Å². The fourth-order valence-corrected chi connectivity index (χ4v) is 4.88. The second-order valence-corrected chi connectivity index (χ2v) is 9.10. The lowest BCUT2D eigenvalue weighted by atomic mass is 9.99. The molecule has 0 spiro atoms. The number of pyridine rings is 2. The molecule has 0 fully saturated rings. The zero-order chi connectivity index (χ0) is 22.6. The van der Waals surface area contributed by atoms with Crippen LogP contribution >= 0.6 is 0 Å². The molecule has 1 aliphatic carbocycles. The Hall–Kier alpha value is -3.78. The Kier molecular flexibility index (Phi) is 4.49. The van der Waals surface area contributed by atoms with Crippen molar-refractivity contribution < 1.29 is 22.1 Å². The molecule has 0 saturated heterocycles. The van der Waals surface area contributed by atoms with E-state index in [0.717, 1.165) is 5.56 Å². The van der Waals surface area contributed by atoms with E-state index in [1.54, 1.807) is 37.6 Å². The summed E-state index contributed by atoms with van der Waals surface area (Å²) in [6.45, 7) is 3.68. The van der Waals surface area contributed by atoms with E-state index in [2.05, 4.69) is 9.97 Å². The van der Waals surface area contributed by atoms with Crippen molar-refractivity contribution in [2.24, 2.45) is 0 Å². The molecule has 7 nitrogen and oxygen atoms in total. The molecule has 5 rings (SSSR count). The predicted octanol–water partition coefficient (Wildman–Crippen LogP) is 4.23. The molecule has 8 heteroatoms. The van der Waals surface area contributed by atoms with Gasteiger partial charge in [-0.05, 0) is 49.7 Å². The maximum Gasteiger partial charge on any atom is 0.340 e. The van der Waals surface area contributed by atoms with Crippen LogP contribution in [0.5, 0.6) is 11.6 Å². The van der Waals surface area contributed by atoms with Crippen molar-refractivity contribution in [3.63, 3.8) is 0 Å². The molecule has 2 aromatic heterocycles. The number of carbonyl (C=O) groups excluding carboxylic acids is 1. The van der Waals surface area contributed by atoms with E-state index in [1.807, 2.05) is 19.9 Å². The van der Waals surface area contributed by atoms with E-state index >= 15 is 0 Å². The number of hydrogen-bond acceptors (Lipinski definition) is 7. The van der Waals surface area contributed by atoms with Gasteiger partial charge in [-0.2, -0.15) is 8.42 Å². The molecule has 0 amide bonds. The Labute approximate surface area is 184 Å². The summed E-state index contributed by atoms with van der Waals surface area (Å²) in [5, 5.41) is 0.705. The fraction of sp³-hybridized carbons (Fsp3) is 0.125. The number of hydrogen-bond donors (Lipinski definition) is 0. The molecule has 32 heavy (non-hydrogen) atoms. The SMILES string of the molecule is COc1ccc2c3c(c(OS(=O)(=O)c4ccc(C)cc4)nc2c1C)C(=O)c1cnccc1-3. The van der Waals surface area contributed by atoms with E-state index in [9.17, 15) is 13.2 Å². The summed E-state index contributed by atoms with van der Waals surface area (Å²) in [5.41, 5.74) is 3.85. The molecule has 0 saturated carbocycles. The van der Waals surface area contributed by atoms with E-state index in [0.29, 0.717) is 38.9 Å². The maximum atomic E-state index is 13.2. The highest BCUT2D eigenvalue weighted by Crippen LogP contribution is 2.46. The highest BCUT2D eigenvalue weighted by atomic mass is 32.2. The Morgan fingerprint density at radius 3 is 2.38 bits per heavy atom. The molecule has 4 aromatic rings. The molecule has 0 aliphatic heterocycles. The number of fused-ring (bicyclic) bond motifs is 5. The van der Waals surface area contributed by atoms with E-state index in [-0.39, 0.29) is 22.1 Å². The van der Waals surface area contributed by atoms with Gasteiger partial charge in [-0.15, -0.1) is 0 Å². The maximum absolute atomic E-state index is 13.2. The predicted molar refractivity (Wildman–Crippen MR) is 119 cm³/mol. The number of aromatic nitrogens is 2. The second-order valence-electron chi connectivity index (χ2n) is 7.56. The van der Waals surface area contributed by atoms with Crippen LogP contribution in [0.3, 0.4) is 0 Å². The van der Waals surface area contributed by atoms with Crippen LogP contribution in [0.4, 0.5) is 0 Å². The van der Waals surface area contributed by atoms with Crippen molar-refractivity contribution in [2.45, 2.75) is 18.7 Å². The van der Waals surface area contributed by atoms with Crippen LogP contribution in [0.15, 0.2) is 59.8 Å². The molecule has 1 aliphatic rings. The summed E-state index contributed by atoms with van der Waals surface area (Å²) < 4.78 is 36.9. The van der Waals surface area contributed by atoms with Crippen molar-refractivity contribution >= 4 is 26.8 Å². The third-order valence-electron chi connectivity index (χ3n) is 5.61. The average molecular weight is 446 g/mol. The Bertz CT molecular complexity index is 1530. The topological polar surface area (TPSA) is 95.5 Å². The fourth-order valence-electron chi connectivity index (χ4n) is 3.98. The van der Waals surface area contributed by atoms with Crippen molar-refractivity contribution in [3.8, 4) is 22.8 Å². The normalized spacial score (nSPS) is 12.5. The van der Waals surface area contributed by atoms with Gasteiger partial charge in [0.25, 0.3) is 0 Å². The van der Waals surface area contributed by atoms with Gasteiger partial charge in [-0.3, -0.25) is 9.78 Å². The minimum atomic E-state index is -4.22. The molecular formula is C24H18N2O5S. The number of benzene rings is 2. The van der Waals surface area contributed by atoms with Crippen molar-refractivity contribution in [2.75, 3.05) is 7.11 Å². The van der Waals surface area contributed by atoms with Gasteiger partial charge in [-0.25, -0.2) is 4.98 Å². The van der Waals surface area contributed by atoms with E-state index < -0.39 is 10.1 Å². The van der Waals surface area contributed by atoms with Gasteiger partial charge in [-0.1, -0.05) is 17.7 Å². The van der Waals surface area contributed by atoms with E-state index in [4.69, 9.17) is 8.92 Å².